The lowest BCUT2D eigenvalue weighted by atomic mass is 9.51. The quantitative estimate of drug-likeness (QED) is 0.576. The van der Waals surface area contributed by atoms with Gasteiger partial charge in [0.15, 0.2) is 0 Å². The van der Waals surface area contributed by atoms with E-state index in [0.29, 0.717) is 5.91 Å². The molecule has 0 aromatic heterocycles. The van der Waals surface area contributed by atoms with Gasteiger partial charge in [-0.05, 0) is 37.5 Å². The third-order valence-electron chi connectivity index (χ3n) is 4.37. The average molecular weight is 165 g/mol. The van der Waals surface area contributed by atoms with Gasteiger partial charge in [-0.15, -0.1) is 0 Å². The molecular weight excluding hydrogens is 150 g/mol. The van der Waals surface area contributed by atoms with Crippen molar-refractivity contribution in [3.8, 4) is 0 Å². The highest BCUT2D eigenvalue weighted by Crippen LogP contribution is 2.63. The minimum absolute atomic E-state index is 0.137. The van der Waals surface area contributed by atoms with Gasteiger partial charge in [0.05, 0.1) is 5.41 Å². The van der Waals surface area contributed by atoms with Crippen molar-refractivity contribution in [2.45, 2.75) is 32.1 Å². The number of amides is 1. The zero-order chi connectivity index (χ0) is 8.18. The summed E-state index contributed by atoms with van der Waals surface area (Å²) in [5, 5.41) is 3.04. The van der Waals surface area contributed by atoms with Crippen LogP contribution in [0, 0.1) is 17.3 Å². The van der Waals surface area contributed by atoms with E-state index in [1.165, 1.54) is 32.1 Å². The van der Waals surface area contributed by atoms with Gasteiger partial charge in [-0.1, -0.05) is 6.42 Å². The van der Waals surface area contributed by atoms with Crippen LogP contribution in [0.5, 0.6) is 0 Å². The second kappa shape index (κ2) is 2.04. The van der Waals surface area contributed by atoms with Gasteiger partial charge >= 0.3 is 0 Å². The fraction of sp³-hybridized carbons (Fsp3) is 0.900. The number of nitrogens with one attached hydrogen (secondary N) is 1. The fourth-order valence-electron chi connectivity index (χ4n) is 3.75. The molecule has 1 saturated heterocycles. The number of hydrogen-bond donors (Lipinski definition) is 1. The van der Waals surface area contributed by atoms with Crippen molar-refractivity contribution in [3.63, 3.8) is 0 Å². The Hall–Kier alpha value is -0.530. The van der Waals surface area contributed by atoms with E-state index in [-0.39, 0.29) is 5.41 Å². The Balaban J connectivity index is 1.96. The first kappa shape index (κ1) is 6.93. The van der Waals surface area contributed by atoms with Crippen molar-refractivity contribution in [2.24, 2.45) is 17.3 Å². The van der Waals surface area contributed by atoms with E-state index in [1.54, 1.807) is 0 Å². The molecule has 66 valence electrons. The van der Waals surface area contributed by atoms with Crippen LogP contribution in [0.3, 0.4) is 0 Å². The Labute approximate surface area is 72.7 Å². The fourth-order valence-corrected chi connectivity index (χ4v) is 3.75. The van der Waals surface area contributed by atoms with E-state index in [9.17, 15) is 4.79 Å². The molecule has 0 aromatic rings. The number of carbonyl (C=O) groups is 1. The molecule has 3 rings (SSSR count). The standard InChI is InChI=1S/C10H15NO/c12-9-10-4-1-2-7(10)6-8(10)3-5-11-9/h7-8H,1-6H2,(H,11,12)/t7-,8-,10+/m1/s1. The monoisotopic (exact) mass is 165 g/mol. The summed E-state index contributed by atoms with van der Waals surface area (Å²) in [7, 11) is 0. The Bertz CT molecular complexity index is 238. The van der Waals surface area contributed by atoms with Gasteiger partial charge < -0.3 is 5.32 Å². The predicted molar refractivity (Wildman–Crippen MR) is 45.5 cm³/mol. The van der Waals surface area contributed by atoms with Crippen LogP contribution < -0.4 is 5.32 Å². The second-order valence-electron chi connectivity index (χ2n) is 4.61. The molecule has 1 aliphatic heterocycles. The normalized spacial score (nSPS) is 50.5. The summed E-state index contributed by atoms with van der Waals surface area (Å²) in [5.41, 5.74) is 0.137. The summed E-state index contributed by atoms with van der Waals surface area (Å²) >= 11 is 0. The highest BCUT2D eigenvalue weighted by Gasteiger charge is 2.62. The van der Waals surface area contributed by atoms with Crippen LogP contribution in [0.4, 0.5) is 0 Å². The molecule has 3 aliphatic rings. The molecule has 1 N–H and O–H groups in total. The predicted octanol–water partition coefficient (Wildman–Crippen LogP) is 1.31. The lowest BCUT2D eigenvalue weighted by molar-refractivity contribution is -0.153. The van der Waals surface area contributed by atoms with Crippen molar-refractivity contribution >= 4 is 5.91 Å². The van der Waals surface area contributed by atoms with E-state index < -0.39 is 0 Å². The first-order chi connectivity index (χ1) is 5.84. The maximum absolute atomic E-state index is 11.7. The molecule has 12 heavy (non-hydrogen) atoms. The highest BCUT2D eigenvalue weighted by molar-refractivity contribution is 5.85. The molecule has 2 aliphatic carbocycles. The zero-order valence-electron chi connectivity index (χ0n) is 7.31. The van der Waals surface area contributed by atoms with E-state index in [2.05, 4.69) is 5.32 Å². The number of rotatable bonds is 0. The molecule has 2 heteroatoms. The first-order valence-corrected chi connectivity index (χ1v) is 5.12. The Kier molecular flexibility index (Phi) is 1.18. The molecule has 0 bridgehead atoms. The maximum Gasteiger partial charge on any atom is 0.226 e. The number of piperidine rings is 1. The molecule has 1 spiro atoms. The van der Waals surface area contributed by atoms with Gasteiger partial charge in [0.2, 0.25) is 5.91 Å². The van der Waals surface area contributed by atoms with E-state index in [4.69, 9.17) is 0 Å². The van der Waals surface area contributed by atoms with Crippen LogP contribution in [-0.4, -0.2) is 12.5 Å². The third kappa shape index (κ3) is 0.572. The molecule has 1 heterocycles. The van der Waals surface area contributed by atoms with Crippen molar-refractivity contribution < 1.29 is 4.79 Å². The average Bonchev–Trinajstić information content (AvgIpc) is 2.31. The minimum atomic E-state index is 0.137. The van der Waals surface area contributed by atoms with Crippen molar-refractivity contribution in [1.82, 2.24) is 5.32 Å². The second-order valence-corrected chi connectivity index (χ2v) is 4.61. The lowest BCUT2D eigenvalue weighted by Crippen LogP contribution is -2.60. The Morgan fingerprint density at radius 2 is 2.17 bits per heavy atom. The molecule has 0 radical (unpaired) electrons. The van der Waals surface area contributed by atoms with E-state index in [1.807, 2.05) is 0 Å². The Morgan fingerprint density at radius 3 is 2.92 bits per heavy atom. The van der Waals surface area contributed by atoms with E-state index in [0.717, 1.165) is 18.4 Å². The van der Waals surface area contributed by atoms with E-state index >= 15 is 0 Å². The molecule has 0 aromatic carbocycles. The number of carbonyl (C=O) groups excluding carboxylic acids is 1. The number of hydrogen-bond acceptors (Lipinski definition) is 1. The molecule has 3 atom stereocenters. The van der Waals surface area contributed by atoms with Crippen LogP contribution >= 0.6 is 0 Å². The highest BCUT2D eigenvalue weighted by atomic mass is 16.2. The van der Waals surface area contributed by atoms with Gasteiger partial charge in [-0.2, -0.15) is 0 Å². The SMILES string of the molecule is O=C1NCC[C@@H]2C[C@H]3CCC[C@]132. The van der Waals surface area contributed by atoms with Gasteiger partial charge in [0.25, 0.3) is 0 Å². The maximum atomic E-state index is 11.7. The lowest BCUT2D eigenvalue weighted by Gasteiger charge is -2.54. The molecule has 2 nitrogen and oxygen atoms in total. The van der Waals surface area contributed by atoms with Crippen molar-refractivity contribution in [2.75, 3.05) is 6.54 Å². The molecule has 0 unspecified atom stereocenters. The van der Waals surface area contributed by atoms with Crippen LogP contribution in [-0.2, 0) is 4.79 Å². The van der Waals surface area contributed by atoms with Crippen molar-refractivity contribution in [3.05, 3.63) is 0 Å². The largest absolute Gasteiger partial charge is 0.356 e. The van der Waals surface area contributed by atoms with Gasteiger partial charge in [-0.3, -0.25) is 4.79 Å². The van der Waals surface area contributed by atoms with Crippen LogP contribution in [0.25, 0.3) is 0 Å². The zero-order valence-corrected chi connectivity index (χ0v) is 7.31. The topological polar surface area (TPSA) is 29.1 Å². The smallest absolute Gasteiger partial charge is 0.226 e. The van der Waals surface area contributed by atoms with Crippen molar-refractivity contribution in [1.29, 1.82) is 0 Å². The third-order valence-corrected chi connectivity index (χ3v) is 4.37. The van der Waals surface area contributed by atoms with Gasteiger partial charge in [0, 0.05) is 6.54 Å². The summed E-state index contributed by atoms with van der Waals surface area (Å²) in [4.78, 5) is 11.7. The van der Waals surface area contributed by atoms with Crippen LogP contribution in [0.2, 0.25) is 0 Å². The molecule has 1 amide bonds. The Morgan fingerprint density at radius 1 is 1.33 bits per heavy atom. The molecule has 3 fully saturated rings. The summed E-state index contributed by atoms with van der Waals surface area (Å²) in [6.07, 6.45) is 6.35. The summed E-state index contributed by atoms with van der Waals surface area (Å²) < 4.78 is 0. The summed E-state index contributed by atoms with van der Waals surface area (Å²) in [6, 6.07) is 0. The summed E-state index contributed by atoms with van der Waals surface area (Å²) in [5.74, 6) is 1.88. The van der Waals surface area contributed by atoms with Crippen LogP contribution in [0.15, 0.2) is 0 Å². The van der Waals surface area contributed by atoms with Gasteiger partial charge in [-0.25, -0.2) is 0 Å². The molecule has 2 saturated carbocycles. The minimum Gasteiger partial charge on any atom is -0.356 e. The van der Waals surface area contributed by atoms with Gasteiger partial charge in [0.1, 0.15) is 0 Å². The van der Waals surface area contributed by atoms with Crippen LogP contribution in [0.1, 0.15) is 32.1 Å². The molecular formula is C10H15NO. The first-order valence-electron chi connectivity index (χ1n) is 5.12. The summed E-state index contributed by atoms with van der Waals surface area (Å²) in [6.45, 7) is 0.929.